The Morgan fingerprint density at radius 3 is 2.94 bits per heavy atom. The number of ether oxygens (including phenoxy) is 1. The van der Waals surface area contributed by atoms with Gasteiger partial charge in [-0.2, -0.15) is 0 Å². The molecule has 1 aromatic rings. The number of rotatable bonds is 3. The van der Waals surface area contributed by atoms with Gasteiger partial charge < -0.3 is 10.5 Å². The number of benzene rings is 1. The highest BCUT2D eigenvalue weighted by atomic mass is 19.1. The summed E-state index contributed by atoms with van der Waals surface area (Å²) in [4.78, 5) is 13.4. The lowest BCUT2D eigenvalue weighted by Crippen LogP contribution is -2.26. The van der Waals surface area contributed by atoms with Crippen LogP contribution < -0.4 is 5.73 Å². The van der Waals surface area contributed by atoms with Crippen LogP contribution in [0.4, 0.5) is 4.39 Å². The third-order valence-corrected chi connectivity index (χ3v) is 3.15. The topological polar surface area (TPSA) is 55.6 Å². The lowest BCUT2D eigenvalue weighted by molar-refractivity contribution is 0.0595. The first-order valence-corrected chi connectivity index (χ1v) is 5.95. The minimum Gasteiger partial charge on any atom is -0.465 e. The average Bonchev–Trinajstić information content (AvgIpc) is 2.74. The maximum atomic E-state index is 13.7. The molecule has 5 heteroatoms. The van der Waals surface area contributed by atoms with Crippen LogP contribution in [-0.4, -0.2) is 37.1 Å². The van der Waals surface area contributed by atoms with Crippen molar-refractivity contribution in [2.24, 2.45) is 5.73 Å². The number of halogens is 1. The Morgan fingerprint density at radius 2 is 2.39 bits per heavy atom. The summed E-state index contributed by atoms with van der Waals surface area (Å²) in [6.07, 6.45) is 0.975. The predicted octanol–water partition coefficient (Wildman–Crippen LogP) is 1.15. The minimum atomic E-state index is -0.651. The van der Waals surface area contributed by atoms with E-state index in [0.717, 1.165) is 25.1 Å². The summed E-state index contributed by atoms with van der Waals surface area (Å²) in [6, 6.07) is 4.81. The summed E-state index contributed by atoms with van der Waals surface area (Å²) >= 11 is 0. The smallest absolute Gasteiger partial charge is 0.340 e. The van der Waals surface area contributed by atoms with E-state index in [4.69, 9.17) is 5.73 Å². The SMILES string of the molecule is COC(=O)c1ccc(CN2CCC(N)C2)cc1F. The molecule has 1 saturated heterocycles. The Labute approximate surface area is 106 Å². The van der Waals surface area contributed by atoms with Crippen molar-refractivity contribution in [3.63, 3.8) is 0 Å². The van der Waals surface area contributed by atoms with Gasteiger partial charge in [-0.05, 0) is 24.1 Å². The van der Waals surface area contributed by atoms with Gasteiger partial charge >= 0.3 is 5.97 Å². The maximum absolute atomic E-state index is 13.7. The second-order valence-electron chi connectivity index (χ2n) is 4.59. The molecule has 0 bridgehead atoms. The first kappa shape index (κ1) is 13.0. The van der Waals surface area contributed by atoms with Gasteiger partial charge in [-0.15, -0.1) is 0 Å². The molecule has 1 aromatic carbocycles. The van der Waals surface area contributed by atoms with Gasteiger partial charge in [-0.3, -0.25) is 4.90 Å². The predicted molar refractivity (Wildman–Crippen MR) is 65.6 cm³/mol. The highest BCUT2D eigenvalue weighted by Crippen LogP contribution is 2.16. The van der Waals surface area contributed by atoms with Crippen LogP contribution in [0.3, 0.4) is 0 Å². The fraction of sp³-hybridized carbons (Fsp3) is 0.462. The zero-order valence-corrected chi connectivity index (χ0v) is 10.4. The second kappa shape index (κ2) is 5.46. The number of hydrogen-bond acceptors (Lipinski definition) is 4. The van der Waals surface area contributed by atoms with Gasteiger partial charge in [-0.1, -0.05) is 6.07 Å². The van der Waals surface area contributed by atoms with Gasteiger partial charge in [0.05, 0.1) is 12.7 Å². The summed E-state index contributed by atoms with van der Waals surface area (Å²) in [5, 5.41) is 0. The third-order valence-electron chi connectivity index (χ3n) is 3.15. The molecule has 1 atom stereocenters. The van der Waals surface area contributed by atoms with E-state index in [1.54, 1.807) is 6.07 Å². The Hall–Kier alpha value is -1.46. The number of carbonyl (C=O) groups excluding carboxylic acids is 1. The van der Waals surface area contributed by atoms with E-state index in [1.165, 1.54) is 19.2 Å². The van der Waals surface area contributed by atoms with E-state index in [9.17, 15) is 9.18 Å². The van der Waals surface area contributed by atoms with E-state index in [1.807, 2.05) is 0 Å². The molecule has 1 fully saturated rings. The highest BCUT2D eigenvalue weighted by Gasteiger charge is 2.19. The summed E-state index contributed by atoms with van der Waals surface area (Å²) < 4.78 is 18.2. The number of nitrogens with two attached hydrogens (primary N) is 1. The molecule has 0 spiro atoms. The second-order valence-corrected chi connectivity index (χ2v) is 4.59. The van der Waals surface area contributed by atoms with Crippen LogP contribution in [0.15, 0.2) is 18.2 Å². The van der Waals surface area contributed by atoms with E-state index in [-0.39, 0.29) is 11.6 Å². The normalized spacial score (nSPS) is 20.1. The molecule has 0 radical (unpaired) electrons. The first-order valence-electron chi connectivity index (χ1n) is 5.95. The van der Waals surface area contributed by atoms with Crippen LogP contribution in [0.5, 0.6) is 0 Å². The van der Waals surface area contributed by atoms with Crippen molar-refractivity contribution in [1.29, 1.82) is 0 Å². The van der Waals surface area contributed by atoms with E-state index in [0.29, 0.717) is 6.54 Å². The van der Waals surface area contributed by atoms with Crippen molar-refractivity contribution in [3.8, 4) is 0 Å². The number of hydrogen-bond donors (Lipinski definition) is 1. The molecule has 2 N–H and O–H groups in total. The molecule has 98 valence electrons. The molecule has 0 amide bonds. The van der Waals surface area contributed by atoms with Gasteiger partial charge in [0.25, 0.3) is 0 Å². The van der Waals surface area contributed by atoms with Crippen LogP contribution in [0, 0.1) is 5.82 Å². The summed E-state index contributed by atoms with van der Waals surface area (Å²) in [6.45, 7) is 2.42. The molecule has 2 rings (SSSR count). The molecule has 1 aliphatic rings. The van der Waals surface area contributed by atoms with E-state index in [2.05, 4.69) is 9.64 Å². The molecular weight excluding hydrogens is 235 g/mol. The van der Waals surface area contributed by atoms with Crippen LogP contribution >= 0.6 is 0 Å². The van der Waals surface area contributed by atoms with E-state index >= 15 is 0 Å². The van der Waals surface area contributed by atoms with Crippen molar-refractivity contribution < 1.29 is 13.9 Å². The van der Waals surface area contributed by atoms with Crippen LogP contribution in [0.2, 0.25) is 0 Å². The summed E-state index contributed by atoms with van der Waals surface area (Å²) in [7, 11) is 1.24. The average molecular weight is 252 g/mol. The Bertz CT molecular complexity index is 451. The van der Waals surface area contributed by atoms with Crippen molar-refractivity contribution >= 4 is 5.97 Å². The minimum absolute atomic E-state index is 0.0284. The monoisotopic (exact) mass is 252 g/mol. The molecule has 1 unspecified atom stereocenters. The maximum Gasteiger partial charge on any atom is 0.340 e. The molecule has 0 aromatic heterocycles. The van der Waals surface area contributed by atoms with Crippen molar-refractivity contribution in [1.82, 2.24) is 4.90 Å². The number of carbonyl (C=O) groups is 1. The van der Waals surface area contributed by atoms with Crippen LogP contribution in [0.1, 0.15) is 22.3 Å². The molecule has 0 saturated carbocycles. The fourth-order valence-corrected chi connectivity index (χ4v) is 2.20. The fourth-order valence-electron chi connectivity index (χ4n) is 2.20. The quantitative estimate of drug-likeness (QED) is 0.820. The Balaban J connectivity index is 2.07. The first-order chi connectivity index (χ1) is 8.60. The number of methoxy groups -OCH3 is 1. The Morgan fingerprint density at radius 1 is 1.61 bits per heavy atom. The standard InChI is InChI=1S/C13H17FN2O2/c1-18-13(17)11-3-2-9(6-12(11)14)7-16-5-4-10(15)8-16/h2-3,6,10H,4-5,7-8,15H2,1H3. The van der Waals surface area contributed by atoms with Gasteiger partial charge in [0, 0.05) is 25.7 Å². The lowest BCUT2D eigenvalue weighted by atomic mass is 10.1. The number of likely N-dealkylation sites (tertiary alicyclic amines) is 1. The van der Waals surface area contributed by atoms with Gasteiger partial charge in [0.15, 0.2) is 0 Å². The Kier molecular flexibility index (Phi) is 3.93. The van der Waals surface area contributed by atoms with Crippen LogP contribution in [0.25, 0.3) is 0 Å². The lowest BCUT2D eigenvalue weighted by Gasteiger charge is -2.15. The van der Waals surface area contributed by atoms with Gasteiger partial charge in [0.2, 0.25) is 0 Å². The number of esters is 1. The summed E-state index contributed by atoms with van der Waals surface area (Å²) in [5.41, 5.74) is 6.63. The summed E-state index contributed by atoms with van der Waals surface area (Å²) in [5.74, 6) is -1.19. The zero-order chi connectivity index (χ0) is 13.1. The van der Waals surface area contributed by atoms with Gasteiger partial charge in [0.1, 0.15) is 5.82 Å². The van der Waals surface area contributed by atoms with Crippen LogP contribution in [-0.2, 0) is 11.3 Å². The molecule has 18 heavy (non-hydrogen) atoms. The van der Waals surface area contributed by atoms with Crippen molar-refractivity contribution in [2.75, 3.05) is 20.2 Å². The molecule has 1 aliphatic heterocycles. The molecule has 4 nitrogen and oxygen atoms in total. The molecular formula is C13H17FN2O2. The number of nitrogens with zero attached hydrogens (tertiary/aromatic N) is 1. The molecule has 1 heterocycles. The molecule has 0 aliphatic carbocycles. The van der Waals surface area contributed by atoms with Gasteiger partial charge in [-0.25, -0.2) is 9.18 Å². The van der Waals surface area contributed by atoms with E-state index < -0.39 is 11.8 Å². The van der Waals surface area contributed by atoms with Crippen molar-refractivity contribution in [2.45, 2.75) is 19.0 Å². The third kappa shape index (κ3) is 2.86. The van der Waals surface area contributed by atoms with Crippen molar-refractivity contribution in [3.05, 3.63) is 35.1 Å². The highest BCUT2D eigenvalue weighted by molar-refractivity contribution is 5.89. The zero-order valence-electron chi connectivity index (χ0n) is 10.4. The largest absolute Gasteiger partial charge is 0.465 e.